The van der Waals surface area contributed by atoms with Crippen molar-refractivity contribution < 1.29 is 4.79 Å². The second kappa shape index (κ2) is 5.14. The van der Waals surface area contributed by atoms with Gasteiger partial charge in [-0.1, -0.05) is 32.9 Å². The molecule has 0 aliphatic heterocycles. The summed E-state index contributed by atoms with van der Waals surface area (Å²) < 4.78 is 0. The van der Waals surface area contributed by atoms with Gasteiger partial charge in [0.25, 0.3) is 0 Å². The maximum absolute atomic E-state index is 12.1. The van der Waals surface area contributed by atoms with E-state index in [9.17, 15) is 4.79 Å². The molecule has 0 aromatic heterocycles. The van der Waals surface area contributed by atoms with Gasteiger partial charge in [-0.25, -0.2) is 0 Å². The number of nitrogens with two attached hydrogens (primary N) is 1. The molecule has 2 rings (SSSR count). The summed E-state index contributed by atoms with van der Waals surface area (Å²) in [5.41, 5.74) is 7.64. The molecule has 106 valence electrons. The van der Waals surface area contributed by atoms with Crippen molar-refractivity contribution in [2.45, 2.75) is 44.6 Å². The molecule has 3 nitrogen and oxygen atoms in total. The number of hydrogen-bond donors (Lipinski definition) is 1. The van der Waals surface area contributed by atoms with Crippen LogP contribution in [0.15, 0.2) is 24.3 Å². The Morgan fingerprint density at radius 3 is 2.05 bits per heavy atom. The molecule has 19 heavy (non-hydrogen) atoms. The first-order valence-corrected chi connectivity index (χ1v) is 6.42. The standard InChI is InChI=1S/C15H22N2O.ClH/c1-14(2,3)11-5-7-12(8-6-11)17(4)13(18)15(16)9-10-15;/h5-8H,9-10,16H2,1-4H3;1H. The maximum atomic E-state index is 12.1. The summed E-state index contributed by atoms with van der Waals surface area (Å²) in [5, 5.41) is 0. The average Bonchev–Trinajstić information content (AvgIpc) is 3.06. The average molecular weight is 283 g/mol. The number of amides is 1. The van der Waals surface area contributed by atoms with Gasteiger partial charge < -0.3 is 10.6 Å². The van der Waals surface area contributed by atoms with Gasteiger partial charge >= 0.3 is 0 Å². The van der Waals surface area contributed by atoms with Crippen LogP contribution in [0, 0.1) is 0 Å². The monoisotopic (exact) mass is 282 g/mol. The lowest BCUT2D eigenvalue weighted by Crippen LogP contribution is -2.43. The van der Waals surface area contributed by atoms with E-state index in [1.807, 2.05) is 12.1 Å². The number of carbonyl (C=O) groups excluding carboxylic acids is 1. The van der Waals surface area contributed by atoms with Gasteiger partial charge in [-0.05, 0) is 36.0 Å². The molecule has 1 amide bonds. The molecule has 1 aromatic rings. The van der Waals surface area contributed by atoms with E-state index in [4.69, 9.17) is 5.73 Å². The number of carbonyl (C=O) groups is 1. The number of hydrogen-bond acceptors (Lipinski definition) is 2. The van der Waals surface area contributed by atoms with Gasteiger partial charge in [-0.15, -0.1) is 12.4 Å². The van der Waals surface area contributed by atoms with E-state index in [1.54, 1.807) is 11.9 Å². The Labute approximate surface area is 121 Å². The molecule has 1 saturated carbocycles. The summed E-state index contributed by atoms with van der Waals surface area (Å²) in [6.07, 6.45) is 1.60. The molecule has 0 unspecified atom stereocenters. The van der Waals surface area contributed by atoms with Crippen LogP contribution in [0.2, 0.25) is 0 Å². The highest BCUT2D eigenvalue weighted by atomic mass is 35.5. The lowest BCUT2D eigenvalue weighted by molar-refractivity contribution is -0.120. The van der Waals surface area contributed by atoms with Crippen molar-refractivity contribution in [2.75, 3.05) is 11.9 Å². The first-order chi connectivity index (χ1) is 8.24. The fourth-order valence-corrected chi connectivity index (χ4v) is 1.98. The van der Waals surface area contributed by atoms with Gasteiger partial charge in [0.2, 0.25) is 5.91 Å². The van der Waals surface area contributed by atoms with Crippen LogP contribution in [0.3, 0.4) is 0 Å². The molecule has 0 bridgehead atoms. The van der Waals surface area contributed by atoms with Crippen molar-refractivity contribution in [3.8, 4) is 0 Å². The fourth-order valence-electron chi connectivity index (χ4n) is 1.98. The van der Waals surface area contributed by atoms with Crippen LogP contribution < -0.4 is 10.6 Å². The predicted molar refractivity (Wildman–Crippen MR) is 82.0 cm³/mol. The number of halogens is 1. The van der Waals surface area contributed by atoms with Crippen molar-refractivity contribution in [3.05, 3.63) is 29.8 Å². The minimum Gasteiger partial charge on any atom is -0.317 e. The van der Waals surface area contributed by atoms with Crippen LogP contribution in [-0.4, -0.2) is 18.5 Å². The number of likely N-dealkylation sites (N-methyl/N-ethyl adjacent to an activating group) is 1. The van der Waals surface area contributed by atoms with Gasteiger partial charge in [0, 0.05) is 12.7 Å². The van der Waals surface area contributed by atoms with Crippen LogP contribution in [0.5, 0.6) is 0 Å². The second-order valence-corrected chi connectivity index (χ2v) is 6.32. The SMILES string of the molecule is CN(C(=O)C1(N)CC1)c1ccc(C(C)(C)C)cc1.Cl. The second-order valence-electron chi connectivity index (χ2n) is 6.32. The Balaban J connectivity index is 0.00000180. The number of anilines is 1. The first kappa shape index (κ1) is 16.0. The Morgan fingerprint density at radius 1 is 1.21 bits per heavy atom. The van der Waals surface area contributed by atoms with Crippen LogP contribution in [0.25, 0.3) is 0 Å². The highest BCUT2D eigenvalue weighted by molar-refractivity contribution is 6.01. The molecule has 1 aliphatic carbocycles. The minimum atomic E-state index is -0.600. The molecule has 1 aliphatic rings. The third-order valence-electron chi connectivity index (χ3n) is 3.64. The molecule has 0 radical (unpaired) electrons. The molecular weight excluding hydrogens is 260 g/mol. The summed E-state index contributed by atoms with van der Waals surface area (Å²) in [4.78, 5) is 13.8. The molecule has 1 aromatic carbocycles. The summed E-state index contributed by atoms with van der Waals surface area (Å²) in [5.74, 6) is 0.0195. The molecule has 0 spiro atoms. The van der Waals surface area contributed by atoms with Crippen molar-refractivity contribution in [1.29, 1.82) is 0 Å². The van der Waals surface area contributed by atoms with E-state index in [1.165, 1.54) is 5.56 Å². The van der Waals surface area contributed by atoms with Gasteiger partial charge in [0.15, 0.2) is 0 Å². The summed E-state index contributed by atoms with van der Waals surface area (Å²) in [6.45, 7) is 6.53. The highest BCUT2D eigenvalue weighted by Crippen LogP contribution is 2.35. The summed E-state index contributed by atoms with van der Waals surface area (Å²) in [7, 11) is 1.79. The molecule has 1 fully saturated rings. The van der Waals surface area contributed by atoms with Crippen LogP contribution in [0.1, 0.15) is 39.2 Å². The van der Waals surface area contributed by atoms with E-state index in [-0.39, 0.29) is 23.7 Å². The molecule has 4 heteroatoms. The molecule has 2 N–H and O–H groups in total. The largest absolute Gasteiger partial charge is 0.317 e. The predicted octanol–water partition coefficient (Wildman–Crippen LogP) is 2.86. The third kappa shape index (κ3) is 3.28. The topological polar surface area (TPSA) is 46.3 Å². The molecule has 0 atom stereocenters. The zero-order chi connectivity index (χ0) is 13.6. The van der Waals surface area contributed by atoms with E-state index >= 15 is 0 Å². The van der Waals surface area contributed by atoms with E-state index in [0.717, 1.165) is 18.5 Å². The van der Waals surface area contributed by atoms with Gasteiger partial charge in [-0.2, -0.15) is 0 Å². The Bertz CT molecular complexity index is 458. The quantitative estimate of drug-likeness (QED) is 0.907. The number of rotatable bonds is 2. The molecule has 0 saturated heterocycles. The van der Waals surface area contributed by atoms with Crippen molar-refractivity contribution >= 4 is 24.0 Å². The maximum Gasteiger partial charge on any atom is 0.246 e. The van der Waals surface area contributed by atoms with Gasteiger partial charge in [0.05, 0.1) is 5.54 Å². The zero-order valence-electron chi connectivity index (χ0n) is 12.1. The Morgan fingerprint density at radius 2 is 1.68 bits per heavy atom. The number of nitrogens with zero attached hydrogens (tertiary/aromatic N) is 1. The van der Waals surface area contributed by atoms with Crippen LogP contribution >= 0.6 is 12.4 Å². The zero-order valence-corrected chi connectivity index (χ0v) is 12.9. The fraction of sp³-hybridized carbons (Fsp3) is 0.533. The first-order valence-electron chi connectivity index (χ1n) is 6.42. The van der Waals surface area contributed by atoms with Crippen LogP contribution in [-0.2, 0) is 10.2 Å². The van der Waals surface area contributed by atoms with E-state index in [0.29, 0.717) is 0 Å². The molecule has 0 heterocycles. The van der Waals surface area contributed by atoms with Gasteiger partial charge in [-0.3, -0.25) is 4.79 Å². The summed E-state index contributed by atoms with van der Waals surface area (Å²) in [6, 6.07) is 8.14. The van der Waals surface area contributed by atoms with Crippen molar-refractivity contribution in [1.82, 2.24) is 0 Å². The lowest BCUT2D eigenvalue weighted by atomic mass is 9.87. The Kier molecular flexibility index (Phi) is 4.33. The van der Waals surface area contributed by atoms with E-state index in [2.05, 4.69) is 32.9 Å². The normalized spacial score (nSPS) is 16.5. The van der Waals surface area contributed by atoms with Crippen LogP contribution in [0.4, 0.5) is 5.69 Å². The lowest BCUT2D eigenvalue weighted by Gasteiger charge is -2.23. The summed E-state index contributed by atoms with van der Waals surface area (Å²) >= 11 is 0. The van der Waals surface area contributed by atoms with E-state index < -0.39 is 5.54 Å². The highest BCUT2D eigenvalue weighted by Gasteiger charge is 2.47. The van der Waals surface area contributed by atoms with Crippen molar-refractivity contribution in [2.24, 2.45) is 5.73 Å². The van der Waals surface area contributed by atoms with Crippen molar-refractivity contribution in [3.63, 3.8) is 0 Å². The number of benzene rings is 1. The Hall–Kier alpha value is -1.06. The van der Waals surface area contributed by atoms with Gasteiger partial charge in [0.1, 0.15) is 0 Å². The minimum absolute atomic E-state index is 0. The third-order valence-corrected chi connectivity index (χ3v) is 3.64. The smallest absolute Gasteiger partial charge is 0.246 e. The molecular formula is C15H23ClN2O.